The minimum Gasteiger partial charge on any atom is -0.497 e. The molecule has 202 valence electrons. The Balaban J connectivity index is 1.34. The molecule has 0 saturated carbocycles. The molecule has 5 aromatic rings. The summed E-state index contributed by atoms with van der Waals surface area (Å²) in [5.41, 5.74) is 7.11. The normalized spacial score (nSPS) is 11.2. The number of ether oxygens (including phenoxy) is 2. The van der Waals surface area contributed by atoms with Gasteiger partial charge in [-0.2, -0.15) is 0 Å². The zero-order valence-corrected chi connectivity index (χ0v) is 23.6. The fraction of sp³-hybridized carbons (Fsp3) is 0.176. The minimum atomic E-state index is -0.326. The van der Waals surface area contributed by atoms with E-state index in [9.17, 15) is 4.79 Å². The fourth-order valence-corrected chi connectivity index (χ4v) is 5.43. The molecule has 0 atom stereocenters. The van der Waals surface area contributed by atoms with E-state index in [4.69, 9.17) is 14.5 Å². The number of methoxy groups -OCH3 is 1. The van der Waals surface area contributed by atoms with Crippen molar-refractivity contribution in [1.82, 2.24) is 9.55 Å². The Morgan fingerprint density at radius 1 is 0.875 bits per heavy atom. The molecular weight excluding hydrogens is 516 g/mol. The average molecular weight is 549 g/mol. The highest BCUT2D eigenvalue weighted by atomic mass is 32.2. The molecule has 1 aromatic heterocycles. The van der Waals surface area contributed by atoms with Gasteiger partial charge in [0.25, 0.3) is 0 Å². The molecule has 5 rings (SSSR count). The number of imidazole rings is 1. The zero-order chi connectivity index (χ0) is 27.7. The molecule has 0 spiro atoms. The Morgan fingerprint density at radius 2 is 1.57 bits per heavy atom. The van der Waals surface area contributed by atoms with E-state index < -0.39 is 0 Å². The molecule has 6 heteroatoms. The number of thioether (sulfide) groups is 1. The van der Waals surface area contributed by atoms with Crippen molar-refractivity contribution in [2.45, 2.75) is 30.8 Å². The van der Waals surface area contributed by atoms with Crippen molar-refractivity contribution in [3.8, 4) is 5.75 Å². The van der Waals surface area contributed by atoms with Crippen LogP contribution in [0.5, 0.6) is 5.75 Å². The summed E-state index contributed by atoms with van der Waals surface area (Å²) in [6, 6.07) is 32.7. The first kappa shape index (κ1) is 27.3. The molecule has 0 aliphatic carbocycles. The number of fused-ring (bicyclic) bond motifs is 1. The number of carbonyl (C=O) groups is 1. The third-order valence-electron chi connectivity index (χ3n) is 6.62. The Kier molecular flexibility index (Phi) is 8.99. The third-order valence-corrected chi connectivity index (χ3v) is 7.67. The molecule has 0 aliphatic rings. The van der Waals surface area contributed by atoms with Gasteiger partial charge in [0, 0.05) is 12.3 Å². The third kappa shape index (κ3) is 6.82. The monoisotopic (exact) mass is 548 g/mol. The van der Waals surface area contributed by atoms with Crippen LogP contribution in [0, 0.1) is 0 Å². The Hall–Kier alpha value is -4.29. The van der Waals surface area contributed by atoms with Crippen molar-refractivity contribution in [2.24, 2.45) is 0 Å². The molecule has 1 heterocycles. The molecule has 0 aliphatic heterocycles. The molecular formula is C34H32N2O3S. The summed E-state index contributed by atoms with van der Waals surface area (Å²) < 4.78 is 12.7. The lowest BCUT2D eigenvalue weighted by molar-refractivity contribution is 0.0526. The van der Waals surface area contributed by atoms with Gasteiger partial charge in [-0.3, -0.25) is 0 Å². The van der Waals surface area contributed by atoms with Crippen LogP contribution in [0.1, 0.15) is 39.5 Å². The van der Waals surface area contributed by atoms with E-state index >= 15 is 0 Å². The maximum atomic E-state index is 12.3. The van der Waals surface area contributed by atoms with Crippen LogP contribution in [0.2, 0.25) is 0 Å². The lowest BCUT2D eigenvalue weighted by atomic mass is 10.1. The summed E-state index contributed by atoms with van der Waals surface area (Å²) in [4.78, 5) is 17.3. The molecule has 0 bridgehead atoms. The first-order valence-corrected chi connectivity index (χ1v) is 14.4. The fourth-order valence-electron chi connectivity index (χ4n) is 4.44. The quantitative estimate of drug-likeness (QED) is 0.0953. The highest BCUT2D eigenvalue weighted by Gasteiger charge is 2.15. The van der Waals surface area contributed by atoms with Gasteiger partial charge in [0.15, 0.2) is 5.16 Å². The molecule has 5 nitrogen and oxygen atoms in total. The first-order valence-electron chi connectivity index (χ1n) is 13.4. The maximum absolute atomic E-state index is 12.3. The highest BCUT2D eigenvalue weighted by Crippen LogP contribution is 2.28. The SMILES string of the molecule is CCOC(=O)c1ccc2c(c1)nc(SCc1ccc(/C=C/c3ccccc3)cc1)n2CCc1ccc(OC)cc1. The summed E-state index contributed by atoms with van der Waals surface area (Å²) in [6.07, 6.45) is 5.11. The largest absolute Gasteiger partial charge is 0.497 e. The van der Waals surface area contributed by atoms with Crippen LogP contribution in [-0.4, -0.2) is 29.2 Å². The van der Waals surface area contributed by atoms with Gasteiger partial charge < -0.3 is 14.0 Å². The van der Waals surface area contributed by atoms with Crippen molar-refractivity contribution >= 4 is 40.9 Å². The van der Waals surface area contributed by atoms with Gasteiger partial charge in [0.1, 0.15) is 5.75 Å². The molecule has 0 unspecified atom stereocenters. The molecule has 0 amide bonds. The zero-order valence-electron chi connectivity index (χ0n) is 22.7. The maximum Gasteiger partial charge on any atom is 0.338 e. The van der Waals surface area contributed by atoms with Crippen LogP contribution in [-0.2, 0) is 23.5 Å². The summed E-state index contributed by atoms with van der Waals surface area (Å²) >= 11 is 1.71. The number of esters is 1. The van der Waals surface area contributed by atoms with E-state index in [0.29, 0.717) is 12.2 Å². The van der Waals surface area contributed by atoms with Crippen molar-refractivity contribution in [2.75, 3.05) is 13.7 Å². The average Bonchev–Trinajstić information content (AvgIpc) is 3.36. The molecule has 4 aromatic carbocycles. The van der Waals surface area contributed by atoms with E-state index in [1.807, 2.05) is 55.5 Å². The van der Waals surface area contributed by atoms with Crippen molar-refractivity contribution in [3.05, 3.63) is 125 Å². The summed E-state index contributed by atoms with van der Waals surface area (Å²) in [5.74, 6) is 1.31. The van der Waals surface area contributed by atoms with Gasteiger partial charge in [-0.15, -0.1) is 0 Å². The second-order valence-corrected chi connectivity index (χ2v) is 10.3. The van der Waals surface area contributed by atoms with Crippen LogP contribution in [0.4, 0.5) is 0 Å². The number of aromatic nitrogens is 2. The van der Waals surface area contributed by atoms with Gasteiger partial charge >= 0.3 is 5.97 Å². The smallest absolute Gasteiger partial charge is 0.338 e. The van der Waals surface area contributed by atoms with Crippen LogP contribution in [0.15, 0.2) is 102 Å². The molecule has 0 fully saturated rings. The van der Waals surface area contributed by atoms with E-state index in [0.717, 1.165) is 46.2 Å². The van der Waals surface area contributed by atoms with Gasteiger partial charge in [-0.1, -0.05) is 90.6 Å². The lowest BCUT2D eigenvalue weighted by Crippen LogP contribution is -2.05. The Morgan fingerprint density at radius 3 is 2.27 bits per heavy atom. The molecule has 0 N–H and O–H groups in total. The number of nitrogens with zero attached hydrogens (tertiary/aromatic N) is 2. The molecule has 0 radical (unpaired) electrons. The summed E-state index contributed by atoms with van der Waals surface area (Å²) in [5, 5.41) is 0.928. The number of hydrogen-bond donors (Lipinski definition) is 0. The molecule has 0 saturated heterocycles. The predicted molar refractivity (Wildman–Crippen MR) is 164 cm³/mol. The second-order valence-electron chi connectivity index (χ2n) is 9.34. The number of hydrogen-bond acceptors (Lipinski definition) is 5. The topological polar surface area (TPSA) is 53.3 Å². The van der Waals surface area contributed by atoms with Crippen LogP contribution >= 0.6 is 11.8 Å². The van der Waals surface area contributed by atoms with Crippen LogP contribution in [0.25, 0.3) is 23.2 Å². The summed E-state index contributed by atoms with van der Waals surface area (Å²) in [7, 11) is 1.68. The highest BCUT2D eigenvalue weighted by molar-refractivity contribution is 7.98. The Bertz CT molecular complexity index is 1590. The Labute approximate surface area is 239 Å². The van der Waals surface area contributed by atoms with Gasteiger partial charge in [0.2, 0.25) is 0 Å². The number of aryl methyl sites for hydroxylation is 2. The van der Waals surface area contributed by atoms with Crippen molar-refractivity contribution in [1.29, 1.82) is 0 Å². The number of carbonyl (C=O) groups excluding carboxylic acids is 1. The van der Waals surface area contributed by atoms with Crippen LogP contribution in [0.3, 0.4) is 0 Å². The van der Waals surface area contributed by atoms with Gasteiger partial charge in [-0.25, -0.2) is 9.78 Å². The van der Waals surface area contributed by atoms with E-state index in [-0.39, 0.29) is 5.97 Å². The second kappa shape index (κ2) is 13.2. The lowest BCUT2D eigenvalue weighted by Gasteiger charge is -2.10. The predicted octanol–water partition coefficient (Wildman–Crippen LogP) is 7.93. The summed E-state index contributed by atoms with van der Waals surface area (Å²) in [6.45, 7) is 2.92. The van der Waals surface area contributed by atoms with E-state index in [1.165, 1.54) is 16.7 Å². The van der Waals surface area contributed by atoms with Crippen molar-refractivity contribution < 1.29 is 14.3 Å². The molecule has 40 heavy (non-hydrogen) atoms. The van der Waals surface area contributed by atoms with Gasteiger partial charge in [0.05, 0.1) is 30.3 Å². The van der Waals surface area contributed by atoms with E-state index in [1.54, 1.807) is 18.9 Å². The van der Waals surface area contributed by atoms with Gasteiger partial charge in [-0.05, 0) is 65.9 Å². The van der Waals surface area contributed by atoms with Crippen LogP contribution < -0.4 is 4.74 Å². The minimum absolute atomic E-state index is 0.326. The number of benzene rings is 4. The van der Waals surface area contributed by atoms with Crippen molar-refractivity contribution in [3.63, 3.8) is 0 Å². The number of rotatable bonds is 11. The standard InChI is InChI=1S/C34H32N2O3S/c1-3-39-33(37)29-17-20-32-31(23-29)35-34(36(32)22-21-27-15-18-30(38-2)19-16-27)40-24-28-13-11-26(12-14-28)10-9-25-7-5-4-6-8-25/h4-20,23H,3,21-22,24H2,1-2H3/b10-9+. The van der Waals surface area contributed by atoms with E-state index in [2.05, 4.69) is 65.3 Å². The first-order chi connectivity index (χ1) is 19.6.